The van der Waals surface area contributed by atoms with Crippen LogP contribution in [0.3, 0.4) is 0 Å². The van der Waals surface area contributed by atoms with E-state index in [0.717, 1.165) is 25.4 Å². The van der Waals surface area contributed by atoms with Crippen LogP contribution in [0.25, 0.3) is 0 Å². The zero-order valence-electron chi connectivity index (χ0n) is 15.9. The van der Waals surface area contributed by atoms with Gasteiger partial charge >= 0.3 is 0 Å². The summed E-state index contributed by atoms with van der Waals surface area (Å²) in [6.07, 6.45) is 7.72. The van der Waals surface area contributed by atoms with Crippen LogP contribution >= 0.6 is 0 Å². The largest absolute Gasteiger partial charge is 0.492 e. The molecule has 3 rings (SSSR count). The molecule has 0 aromatic heterocycles. The Bertz CT molecular complexity index is 585. The van der Waals surface area contributed by atoms with Crippen molar-refractivity contribution in [1.82, 2.24) is 9.80 Å². The second kappa shape index (κ2) is 9.89. The van der Waals surface area contributed by atoms with Gasteiger partial charge in [0.2, 0.25) is 0 Å². The van der Waals surface area contributed by atoms with Gasteiger partial charge in [-0.25, -0.2) is 0 Å². The summed E-state index contributed by atoms with van der Waals surface area (Å²) in [5.74, 6) is 0.885. The Balaban J connectivity index is 1.43. The minimum absolute atomic E-state index is 0.0513. The lowest BCUT2D eigenvalue weighted by Crippen LogP contribution is -2.33. The monoisotopic (exact) mass is 356 g/mol. The highest BCUT2D eigenvalue weighted by atomic mass is 16.5. The molecule has 0 saturated carbocycles. The van der Waals surface area contributed by atoms with Crippen LogP contribution in [-0.4, -0.2) is 61.5 Å². The molecular weight excluding hydrogens is 324 g/mol. The molecular formula is C22H32N2O2. The molecule has 0 bridgehead atoms. The lowest BCUT2D eigenvalue weighted by atomic mass is 10.0. The molecule has 1 aromatic rings. The summed E-state index contributed by atoms with van der Waals surface area (Å²) in [4.78, 5) is 17.4. The molecule has 1 aromatic carbocycles. The predicted molar refractivity (Wildman–Crippen MR) is 106 cm³/mol. The van der Waals surface area contributed by atoms with Crippen molar-refractivity contribution in [3.05, 3.63) is 42.0 Å². The summed E-state index contributed by atoms with van der Waals surface area (Å²) in [5, 5.41) is 0. The molecule has 2 aliphatic rings. The number of ketones is 1. The molecule has 2 saturated heterocycles. The van der Waals surface area contributed by atoms with Gasteiger partial charge in [-0.3, -0.25) is 14.6 Å². The molecule has 0 aliphatic carbocycles. The molecule has 142 valence electrons. The fraction of sp³-hybridized carbons (Fsp3) is 0.591. The van der Waals surface area contributed by atoms with Crippen molar-refractivity contribution >= 4 is 5.78 Å². The molecule has 0 unspecified atom stereocenters. The Morgan fingerprint density at radius 1 is 0.885 bits per heavy atom. The third kappa shape index (κ3) is 5.68. The Kier molecular flexibility index (Phi) is 7.27. The topological polar surface area (TPSA) is 32.8 Å². The summed E-state index contributed by atoms with van der Waals surface area (Å²) in [5.41, 5.74) is 1.39. The zero-order valence-corrected chi connectivity index (χ0v) is 15.9. The van der Waals surface area contributed by atoms with E-state index in [1.807, 2.05) is 24.3 Å². The second-order valence-corrected chi connectivity index (χ2v) is 7.54. The number of hydrogen-bond donors (Lipinski definition) is 0. The highest BCUT2D eigenvalue weighted by Crippen LogP contribution is 2.17. The number of carbonyl (C=O) groups is 1. The van der Waals surface area contributed by atoms with E-state index in [0.29, 0.717) is 24.3 Å². The molecule has 2 fully saturated rings. The number of nitrogens with zero attached hydrogens (tertiary/aromatic N) is 2. The summed E-state index contributed by atoms with van der Waals surface area (Å²) in [7, 11) is 0. The maximum Gasteiger partial charge on any atom is 0.189 e. The van der Waals surface area contributed by atoms with Gasteiger partial charge in [-0.1, -0.05) is 19.4 Å². The number of Topliss-reactive ketones (excluding diaryl/α,β-unsaturated/α-hetero) is 1. The zero-order chi connectivity index (χ0) is 18.2. The van der Waals surface area contributed by atoms with Crippen molar-refractivity contribution in [3.8, 4) is 5.75 Å². The van der Waals surface area contributed by atoms with E-state index in [1.54, 1.807) is 0 Å². The van der Waals surface area contributed by atoms with Crippen LogP contribution in [0.2, 0.25) is 0 Å². The fourth-order valence-corrected chi connectivity index (χ4v) is 3.84. The van der Waals surface area contributed by atoms with Gasteiger partial charge in [0.05, 0.1) is 0 Å². The number of piperidine rings is 2. The SMILES string of the molecule is C=C(CN1CCCCC1)C(=O)c1ccc(OCCN2CCCCC2)cc1. The van der Waals surface area contributed by atoms with Crippen LogP contribution in [0.5, 0.6) is 5.75 Å². The number of benzene rings is 1. The predicted octanol–water partition coefficient (Wildman–Crippen LogP) is 3.78. The molecule has 0 spiro atoms. The van der Waals surface area contributed by atoms with Crippen molar-refractivity contribution in [2.24, 2.45) is 0 Å². The lowest BCUT2D eigenvalue weighted by molar-refractivity contribution is 0.102. The molecule has 2 heterocycles. The van der Waals surface area contributed by atoms with Gasteiger partial charge in [-0.2, -0.15) is 0 Å². The Morgan fingerprint density at radius 2 is 1.46 bits per heavy atom. The van der Waals surface area contributed by atoms with Gasteiger partial charge in [0.1, 0.15) is 12.4 Å². The first-order chi connectivity index (χ1) is 12.7. The highest BCUT2D eigenvalue weighted by molar-refractivity contribution is 6.08. The fourth-order valence-electron chi connectivity index (χ4n) is 3.84. The average Bonchev–Trinajstić information content (AvgIpc) is 2.69. The summed E-state index contributed by atoms with van der Waals surface area (Å²) >= 11 is 0. The van der Waals surface area contributed by atoms with E-state index in [2.05, 4.69) is 16.4 Å². The summed E-state index contributed by atoms with van der Waals surface area (Å²) < 4.78 is 5.84. The Labute approximate surface area is 157 Å². The van der Waals surface area contributed by atoms with Crippen molar-refractivity contribution in [2.75, 3.05) is 45.9 Å². The maximum atomic E-state index is 12.6. The van der Waals surface area contributed by atoms with Crippen LogP contribution in [0.4, 0.5) is 0 Å². The number of hydrogen-bond acceptors (Lipinski definition) is 4. The smallest absolute Gasteiger partial charge is 0.189 e. The average molecular weight is 357 g/mol. The van der Waals surface area contributed by atoms with Crippen LogP contribution < -0.4 is 4.74 Å². The molecule has 0 amide bonds. The third-order valence-electron chi connectivity index (χ3n) is 5.43. The van der Waals surface area contributed by atoms with Crippen molar-refractivity contribution in [1.29, 1.82) is 0 Å². The normalized spacial score (nSPS) is 19.2. The number of rotatable bonds is 8. The molecule has 0 radical (unpaired) electrons. The van der Waals surface area contributed by atoms with E-state index in [1.165, 1.54) is 51.6 Å². The minimum atomic E-state index is 0.0513. The first-order valence-corrected chi connectivity index (χ1v) is 10.1. The molecule has 0 atom stereocenters. The van der Waals surface area contributed by atoms with Gasteiger partial charge in [0.25, 0.3) is 0 Å². The van der Waals surface area contributed by atoms with Gasteiger partial charge in [0.15, 0.2) is 5.78 Å². The van der Waals surface area contributed by atoms with E-state index < -0.39 is 0 Å². The van der Waals surface area contributed by atoms with Gasteiger partial charge in [-0.05, 0) is 76.1 Å². The van der Waals surface area contributed by atoms with Crippen molar-refractivity contribution < 1.29 is 9.53 Å². The molecule has 26 heavy (non-hydrogen) atoms. The van der Waals surface area contributed by atoms with Crippen molar-refractivity contribution in [2.45, 2.75) is 38.5 Å². The van der Waals surface area contributed by atoms with E-state index in [9.17, 15) is 4.79 Å². The van der Waals surface area contributed by atoms with E-state index in [4.69, 9.17) is 4.74 Å². The third-order valence-corrected chi connectivity index (χ3v) is 5.43. The quantitative estimate of drug-likeness (QED) is 0.524. The maximum absolute atomic E-state index is 12.6. The highest BCUT2D eigenvalue weighted by Gasteiger charge is 2.16. The Morgan fingerprint density at radius 3 is 2.08 bits per heavy atom. The summed E-state index contributed by atoms with van der Waals surface area (Å²) in [6.45, 7) is 10.9. The lowest BCUT2D eigenvalue weighted by Gasteiger charge is -2.26. The van der Waals surface area contributed by atoms with Gasteiger partial charge < -0.3 is 4.74 Å². The number of likely N-dealkylation sites (tertiary alicyclic amines) is 2. The molecule has 2 aliphatic heterocycles. The van der Waals surface area contributed by atoms with Crippen LogP contribution in [-0.2, 0) is 0 Å². The Hall–Kier alpha value is -1.65. The standard InChI is InChI=1S/C22H32N2O2/c1-19(18-24-14-6-3-7-15-24)22(25)20-8-10-21(11-9-20)26-17-16-23-12-4-2-5-13-23/h8-11H,1-7,12-18H2. The molecule has 4 nitrogen and oxygen atoms in total. The first kappa shape index (κ1) is 19.1. The van der Waals surface area contributed by atoms with Gasteiger partial charge in [0, 0.05) is 24.2 Å². The first-order valence-electron chi connectivity index (χ1n) is 10.1. The second-order valence-electron chi connectivity index (χ2n) is 7.54. The molecule has 0 N–H and O–H groups in total. The molecule has 4 heteroatoms. The van der Waals surface area contributed by atoms with Crippen LogP contribution in [0.1, 0.15) is 48.9 Å². The van der Waals surface area contributed by atoms with Gasteiger partial charge in [-0.15, -0.1) is 0 Å². The van der Waals surface area contributed by atoms with Crippen LogP contribution in [0.15, 0.2) is 36.4 Å². The summed E-state index contributed by atoms with van der Waals surface area (Å²) in [6, 6.07) is 7.52. The van der Waals surface area contributed by atoms with E-state index >= 15 is 0 Å². The van der Waals surface area contributed by atoms with Crippen molar-refractivity contribution in [3.63, 3.8) is 0 Å². The number of carbonyl (C=O) groups excluding carboxylic acids is 1. The van der Waals surface area contributed by atoms with E-state index in [-0.39, 0.29) is 5.78 Å². The van der Waals surface area contributed by atoms with Crippen LogP contribution in [0, 0.1) is 0 Å². The minimum Gasteiger partial charge on any atom is -0.492 e. The number of ether oxygens (including phenoxy) is 1.